The first-order valence-corrected chi connectivity index (χ1v) is 14.8. The van der Waals surface area contributed by atoms with Crippen molar-refractivity contribution in [2.75, 3.05) is 13.2 Å². The lowest BCUT2D eigenvalue weighted by Crippen LogP contribution is -2.34. The fourth-order valence-corrected chi connectivity index (χ4v) is 4.87. The van der Waals surface area contributed by atoms with Crippen molar-refractivity contribution in [2.24, 2.45) is 0 Å². The van der Waals surface area contributed by atoms with E-state index in [0.29, 0.717) is 19.7 Å². The molecular formula is C35H46ClNO2. The first-order chi connectivity index (χ1) is 18.6. The molecule has 0 aliphatic carbocycles. The maximum Gasteiger partial charge on any atom is 0.245 e. The summed E-state index contributed by atoms with van der Waals surface area (Å²) in [6.07, 6.45) is 3.82. The molecule has 0 aliphatic heterocycles. The number of nitrogens with zero attached hydrogens (tertiary/aromatic N) is 1. The zero-order valence-corrected chi connectivity index (χ0v) is 25.4. The third kappa shape index (κ3) is 8.35. The van der Waals surface area contributed by atoms with E-state index in [9.17, 15) is 4.79 Å². The van der Waals surface area contributed by atoms with E-state index < -0.39 is 5.38 Å². The number of halogens is 1. The van der Waals surface area contributed by atoms with Crippen LogP contribution in [0.3, 0.4) is 0 Å². The van der Waals surface area contributed by atoms with Crippen molar-refractivity contribution in [1.82, 2.24) is 4.90 Å². The topological polar surface area (TPSA) is 29.5 Å². The average Bonchev–Trinajstić information content (AvgIpc) is 2.96. The van der Waals surface area contributed by atoms with Gasteiger partial charge in [-0.15, -0.1) is 11.6 Å². The molecule has 39 heavy (non-hydrogen) atoms. The molecule has 0 radical (unpaired) electrons. The summed E-state index contributed by atoms with van der Waals surface area (Å²) in [6.45, 7) is 15.4. The number of carbonyl (C=O) groups is 1. The molecule has 1 amide bonds. The molecule has 0 fully saturated rings. The third-order valence-electron chi connectivity index (χ3n) is 8.17. The highest BCUT2D eigenvalue weighted by molar-refractivity contribution is 6.30. The van der Waals surface area contributed by atoms with Crippen LogP contribution in [0.15, 0.2) is 78.9 Å². The lowest BCUT2D eigenvalue weighted by Gasteiger charge is -2.30. The summed E-state index contributed by atoms with van der Waals surface area (Å²) in [5, 5.41) is -0.698. The average molecular weight is 548 g/mol. The van der Waals surface area contributed by atoms with Crippen molar-refractivity contribution in [3.05, 3.63) is 101 Å². The second-order valence-electron chi connectivity index (χ2n) is 11.8. The Morgan fingerprint density at radius 2 is 1.46 bits per heavy atom. The number of alkyl halides is 1. The molecule has 0 bridgehead atoms. The summed E-state index contributed by atoms with van der Waals surface area (Å²) in [6, 6.07) is 26.4. The van der Waals surface area contributed by atoms with Gasteiger partial charge in [0.1, 0.15) is 11.1 Å². The molecule has 3 rings (SSSR count). The van der Waals surface area contributed by atoms with Crippen molar-refractivity contribution in [2.45, 2.75) is 90.0 Å². The van der Waals surface area contributed by atoms with Crippen LogP contribution in [0.25, 0.3) is 0 Å². The van der Waals surface area contributed by atoms with Crippen LogP contribution in [-0.2, 0) is 22.2 Å². The molecule has 0 saturated carbocycles. The van der Waals surface area contributed by atoms with Gasteiger partial charge in [-0.25, -0.2) is 0 Å². The number of hydrogen-bond acceptors (Lipinski definition) is 2. The molecule has 1 unspecified atom stereocenters. The van der Waals surface area contributed by atoms with E-state index >= 15 is 0 Å². The minimum absolute atomic E-state index is 0.0286. The van der Waals surface area contributed by atoms with Crippen molar-refractivity contribution in [3.8, 4) is 5.75 Å². The van der Waals surface area contributed by atoms with Gasteiger partial charge in [-0.2, -0.15) is 0 Å². The minimum Gasteiger partial charge on any atom is -0.493 e. The SMILES string of the molecule is CCC(C)(C)c1ccc(OCCCCN(Cc2ccccc2)C(=O)C(Cl)c2ccccc2)c(C(C)(C)CC)c1. The molecule has 0 N–H and O–H groups in total. The summed E-state index contributed by atoms with van der Waals surface area (Å²) < 4.78 is 6.37. The summed E-state index contributed by atoms with van der Waals surface area (Å²) in [7, 11) is 0. The van der Waals surface area contributed by atoms with E-state index in [1.54, 1.807) is 0 Å². The molecule has 0 saturated heterocycles. The number of unbranched alkanes of at least 4 members (excludes halogenated alkanes) is 1. The van der Waals surface area contributed by atoms with Crippen LogP contribution in [0.4, 0.5) is 0 Å². The molecule has 0 spiro atoms. The number of ether oxygens (including phenoxy) is 1. The second-order valence-corrected chi connectivity index (χ2v) is 12.2. The number of benzene rings is 3. The second kappa shape index (κ2) is 14.0. The number of amides is 1. The summed E-state index contributed by atoms with van der Waals surface area (Å²) in [4.78, 5) is 15.3. The van der Waals surface area contributed by atoms with Gasteiger partial charge in [0.25, 0.3) is 0 Å². The standard InChI is InChI=1S/C35H46ClNO2/c1-7-34(3,4)29-21-22-31(30(25-29)35(5,6)8-2)39-24-16-15-23-37(26-27-17-11-9-12-18-27)33(38)32(36)28-19-13-10-14-20-28/h9-14,17-22,25,32H,7-8,15-16,23-24,26H2,1-6H3. The van der Waals surface area contributed by atoms with E-state index in [2.05, 4.69) is 71.9 Å². The maximum atomic E-state index is 13.4. The van der Waals surface area contributed by atoms with Gasteiger partial charge in [-0.05, 0) is 59.3 Å². The Hall–Kier alpha value is -2.78. The predicted octanol–water partition coefficient (Wildman–Crippen LogP) is 9.23. The Morgan fingerprint density at radius 1 is 0.846 bits per heavy atom. The molecule has 0 heterocycles. The molecule has 3 aromatic carbocycles. The first kappa shape index (κ1) is 30.8. The van der Waals surface area contributed by atoms with E-state index in [4.69, 9.17) is 16.3 Å². The minimum atomic E-state index is -0.698. The van der Waals surface area contributed by atoms with Crippen molar-refractivity contribution in [3.63, 3.8) is 0 Å². The van der Waals surface area contributed by atoms with Gasteiger partial charge in [0, 0.05) is 18.7 Å². The smallest absolute Gasteiger partial charge is 0.245 e. The lowest BCUT2D eigenvalue weighted by molar-refractivity contribution is -0.131. The molecule has 4 heteroatoms. The molecule has 0 aromatic heterocycles. The van der Waals surface area contributed by atoms with Crippen LogP contribution in [0.5, 0.6) is 5.75 Å². The fourth-order valence-electron chi connectivity index (χ4n) is 4.58. The molecule has 0 aliphatic rings. The number of rotatable bonds is 14. The number of carbonyl (C=O) groups excluding carboxylic acids is 1. The highest BCUT2D eigenvalue weighted by Gasteiger charge is 2.27. The van der Waals surface area contributed by atoms with Gasteiger partial charge in [-0.1, -0.05) is 114 Å². The van der Waals surface area contributed by atoms with Crippen molar-refractivity contribution in [1.29, 1.82) is 0 Å². The van der Waals surface area contributed by atoms with Crippen LogP contribution in [-0.4, -0.2) is 24.0 Å². The Kier molecular flexibility index (Phi) is 11.1. The maximum absolute atomic E-state index is 13.4. The van der Waals surface area contributed by atoms with Gasteiger partial charge in [0.05, 0.1) is 6.61 Å². The zero-order valence-electron chi connectivity index (χ0n) is 24.7. The Labute approximate surface area is 241 Å². The van der Waals surface area contributed by atoms with Gasteiger partial charge < -0.3 is 9.64 Å². The first-order valence-electron chi connectivity index (χ1n) is 14.4. The zero-order chi connectivity index (χ0) is 28.5. The monoisotopic (exact) mass is 547 g/mol. The molecule has 210 valence electrons. The summed E-state index contributed by atoms with van der Waals surface area (Å²) in [5.74, 6) is 0.911. The molecule has 3 aromatic rings. The van der Waals surface area contributed by atoms with Crippen LogP contribution in [0.2, 0.25) is 0 Å². The molecule has 1 atom stereocenters. The normalized spacial score (nSPS) is 12.7. The predicted molar refractivity (Wildman–Crippen MR) is 165 cm³/mol. The van der Waals surface area contributed by atoms with Gasteiger partial charge in [-0.3, -0.25) is 4.79 Å². The third-order valence-corrected chi connectivity index (χ3v) is 8.61. The number of hydrogen-bond donors (Lipinski definition) is 0. The highest BCUT2D eigenvalue weighted by Crippen LogP contribution is 2.38. The van der Waals surface area contributed by atoms with Crippen LogP contribution >= 0.6 is 11.6 Å². The van der Waals surface area contributed by atoms with E-state index in [0.717, 1.165) is 42.6 Å². The van der Waals surface area contributed by atoms with Crippen LogP contribution in [0.1, 0.15) is 94.9 Å². The summed E-state index contributed by atoms with van der Waals surface area (Å²) in [5.41, 5.74) is 4.72. The van der Waals surface area contributed by atoms with Crippen molar-refractivity contribution < 1.29 is 9.53 Å². The largest absolute Gasteiger partial charge is 0.493 e. The van der Waals surface area contributed by atoms with Crippen LogP contribution in [0, 0.1) is 0 Å². The Balaban J connectivity index is 1.66. The van der Waals surface area contributed by atoms with E-state index in [-0.39, 0.29) is 16.7 Å². The van der Waals surface area contributed by atoms with Crippen molar-refractivity contribution >= 4 is 17.5 Å². The molecule has 3 nitrogen and oxygen atoms in total. The van der Waals surface area contributed by atoms with Gasteiger partial charge in [0.2, 0.25) is 5.91 Å². The quantitative estimate of drug-likeness (QED) is 0.149. The Morgan fingerprint density at radius 3 is 2.08 bits per heavy atom. The highest BCUT2D eigenvalue weighted by atomic mass is 35.5. The fraction of sp³-hybridized carbons (Fsp3) is 0.457. The Bertz CT molecular complexity index is 1170. The van der Waals surface area contributed by atoms with Gasteiger partial charge >= 0.3 is 0 Å². The lowest BCUT2D eigenvalue weighted by atomic mass is 9.76. The van der Waals surface area contributed by atoms with Gasteiger partial charge in [0.15, 0.2) is 0 Å². The summed E-state index contributed by atoms with van der Waals surface area (Å²) >= 11 is 6.65. The van der Waals surface area contributed by atoms with E-state index in [1.165, 1.54) is 11.1 Å². The van der Waals surface area contributed by atoms with E-state index in [1.807, 2.05) is 53.4 Å². The molecular weight excluding hydrogens is 502 g/mol. The van der Waals surface area contributed by atoms with Crippen LogP contribution < -0.4 is 4.74 Å².